The van der Waals surface area contributed by atoms with Gasteiger partial charge in [0, 0.05) is 17.7 Å². The summed E-state index contributed by atoms with van der Waals surface area (Å²) in [6.07, 6.45) is 0. The van der Waals surface area contributed by atoms with Gasteiger partial charge >= 0.3 is 11.8 Å². The molecular weight excluding hydrogens is 246 g/mol. The molecule has 0 unspecified atom stereocenters. The third-order valence-corrected chi connectivity index (χ3v) is 2.11. The van der Waals surface area contributed by atoms with Gasteiger partial charge in [0.15, 0.2) is 0 Å². The Labute approximate surface area is 101 Å². The summed E-state index contributed by atoms with van der Waals surface area (Å²) >= 11 is 0. The molecule has 1 aromatic carbocycles. The Hall–Kier alpha value is -2.32. The summed E-state index contributed by atoms with van der Waals surface area (Å²) in [5.41, 5.74) is -0.805. The van der Waals surface area contributed by atoms with Crippen LogP contribution in [0.3, 0.4) is 0 Å². The lowest BCUT2D eigenvalue weighted by atomic mass is 10.0. The largest absolute Gasteiger partial charge is 0.465 e. The average Bonchev–Trinajstić information content (AvgIpc) is 2.36. The van der Waals surface area contributed by atoms with Gasteiger partial charge in [-0.3, -0.25) is 14.9 Å². The smallest absolute Gasteiger partial charge is 0.375 e. The van der Waals surface area contributed by atoms with E-state index in [9.17, 15) is 29.9 Å². The van der Waals surface area contributed by atoms with Crippen LogP contribution in [0.2, 0.25) is 0 Å². The molecule has 0 saturated carbocycles. The molecule has 0 saturated heterocycles. The Morgan fingerprint density at radius 1 is 1.39 bits per heavy atom. The number of aliphatic hydroxyl groups is 2. The molecule has 96 valence electrons. The van der Waals surface area contributed by atoms with Crippen LogP contribution in [0.1, 0.15) is 10.4 Å². The average molecular weight is 255 g/mol. The van der Waals surface area contributed by atoms with E-state index in [-0.39, 0.29) is 5.56 Å². The highest BCUT2D eigenvalue weighted by molar-refractivity contribution is 6.13. The van der Waals surface area contributed by atoms with Crippen LogP contribution in [-0.4, -0.2) is 39.8 Å². The van der Waals surface area contributed by atoms with Crippen LogP contribution in [0.5, 0.6) is 0 Å². The van der Waals surface area contributed by atoms with E-state index in [4.69, 9.17) is 0 Å². The maximum atomic E-state index is 11.6. The number of carbonyl (C=O) groups is 2. The molecule has 0 aliphatic heterocycles. The molecule has 0 bridgehead atoms. The van der Waals surface area contributed by atoms with Gasteiger partial charge in [-0.2, -0.15) is 0 Å². The highest BCUT2D eigenvalue weighted by Crippen LogP contribution is 2.18. The van der Waals surface area contributed by atoms with E-state index in [1.807, 2.05) is 0 Å². The van der Waals surface area contributed by atoms with Crippen molar-refractivity contribution >= 4 is 17.4 Å². The summed E-state index contributed by atoms with van der Waals surface area (Å²) in [4.78, 5) is 32.3. The van der Waals surface area contributed by atoms with E-state index in [1.165, 1.54) is 6.07 Å². The Kier molecular flexibility index (Phi) is 3.74. The molecule has 0 amide bonds. The minimum Gasteiger partial charge on any atom is -0.465 e. The molecule has 0 aromatic heterocycles. The normalized spacial score (nSPS) is 10.8. The molecule has 2 N–H and O–H groups in total. The second-order valence-corrected chi connectivity index (χ2v) is 3.30. The maximum absolute atomic E-state index is 11.6. The number of esters is 1. The van der Waals surface area contributed by atoms with Crippen LogP contribution in [0, 0.1) is 10.1 Å². The van der Waals surface area contributed by atoms with Crippen molar-refractivity contribution in [2.24, 2.45) is 0 Å². The van der Waals surface area contributed by atoms with Crippen LogP contribution in [0.4, 0.5) is 5.69 Å². The number of hydrogen-bond donors (Lipinski definition) is 2. The first-order chi connectivity index (χ1) is 8.30. The number of rotatable bonds is 4. The van der Waals surface area contributed by atoms with Crippen molar-refractivity contribution in [1.29, 1.82) is 0 Å². The summed E-state index contributed by atoms with van der Waals surface area (Å²) in [6.45, 7) is 0. The number of ketones is 1. The van der Waals surface area contributed by atoms with Crippen molar-refractivity contribution in [3.63, 3.8) is 0 Å². The van der Waals surface area contributed by atoms with Gasteiger partial charge in [0.1, 0.15) is 0 Å². The number of nitro benzene ring substituents is 1. The van der Waals surface area contributed by atoms with E-state index < -0.39 is 28.2 Å². The molecule has 0 radical (unpaired) electrons. The number of carbonyl (C=O) groups excluding carboxylic acids is 2. The maximum Gasteiger partial charge on any atom is 0.375 e. The fourth-order valence-corrected chi connectivity index (χ4v) is 1.20. The zero-order valence-corrected chi connectivity index (χ0v) is 9.19. The highest BCUT2D eigenvalue weighted by Gasteiger charge is 2.44. The van der Waals surface area contributed by atoms with E-state index in [0.29, 0.717) is 0 Å². The second kappa shape index (κ2) is 4.90. The number of hydrogen-bond acceptors (Lipinski definition) is 7. The van der Waals surface area contributed by atoms with Gasteiger partial charge in [0.2, 0.25) is 5.78 Å². The molecule has 0 spiro atoms. The van der Waals surface area contributed by atoms with Gasteiger partial charge < -0.3 is 14.9 Å². The first-order valence-corrected chi connectivity index (χ1v) is 4.63. The molecular formula is C10H9NO7. The molecule has 0 atom stereocenters. The lowest BCUT2D eigenvalue weighted by Crippen LogP contribution is -2.47. The standard InChI is InChI=1S/C10H9NO7/c1-18-9(13)10(14,15)8(12)6-3-2-4-7(5-6)11(16)17/h2-5,14-15H,1H3. The second-order valence-electron chi connectivity index (χ2n) is 3.30. The van der Waals surface area contributed by atoms with Crippen molar-refractivity contribution in [2.75, 3.05) is 7.11 Å². The Bertz CT molecular complexity index is 509. The van der Waals surface area contributed by atoms with Gasteiger partial charge in [-0.1, -0.05) is 12.1 Å². The van der Waals surface area contributed by atoms with Crippen LogP contribution in [0.25, 0.3) is 0 Å². The van der Waals surface area contributed by atoms with Crippen LogP contribution in [0.15, 0.2) is 24.3 Å². The van der Waals surface area contributed by atoms with Gasteiger partial charge in [-0.05, 0) is 0 Å². The number of benzene rings is 1. The fraction of sp³-hybridized carbons (Fsp3) is 0.200. The molecule has 18 heavy (non-hydrogen) atoms. The number of ether oxygens (including phenoxy) is 1. The summed E-state index contributed by atoms with van der Waals surface area (Å²) in [5.74, 6) is -6.35. The first kappa shape index (κ1) is 13.7. The van der Waals surface area contributed by atoms with E-state index in [0.717, 1.165) is 25.3 Å². The van der Waals surface area contributed by atoms with E-state index in [1.54, 1.807) is 0 Å². The third kappa shape index (κ3) is 2.50. The number of nitro groups is 1. The zero-order chi connectivity index (χ0) is 13.9. The van der Waals surface area contributed by atoms with Crippen LogP contribution in [-0.2, 0) is 9.53 Å². The predicted molar refractivity (Wildman–Crippen MR) is 56.6 cm³/mol. The molecule has 0 aliphatic carbocycles. The summed E-state index contributed by atoms with van der Waals surface area (Å²) in [6, 6.07) is 4.23. The lowest BCUT2D eigenvalue weighted by Gasteiger charge is -2.16. The van der Waals surface area contributed by atoms with Gasteiger partial charge in [0.05, 0.1) is 12.0 Å². The van der Waals surface area contributed by atoms with E-state index >= 15 is 0 Å². The van der Waals surface area contributed by atoms with Crippen molar-refractivity contribution in [1.82, 2.24) is 0 Å². The minimum absolute atomic E-state index is 0.389. The monoisotopic (exact) mass is 255 g/mol. The van der Waals surface area contributed by atoms with Crippen molar-refractivity contribution < 1.29 is 29.5 Å². The Morgan fingerprint density at radius 3 is 2.50 bits per heavy atom. The summed E-state index contributed by atoms with van der Waals surface area (Å²) in [7, 11) is 0.865. The fourth-order valence-electron chi connectivity index (χ4n) is 1.20. The van der Waals surface area contributed by atoms with Gasteiger partial charge in [-0.15, -0.1) is 0 Å². The highest BCUT2D eigenvalue weighted by atomic mass is 16.6. The lowest BCUT2D eigenvalue weighted by molar-refractivity contribution is -0.384. The van der Waals surface area contributed by atoms with Crippen LogP contribution < -0.4 is 0 Å². The van der Waals surface area contributed by atoms with Gasteiger partial charge in [-0.25, -0.2) is 4.79 Å². The molecule has 8 heteroatoms. The summed E-state index contributed by atoms with van der Waals surface area (Å²) < 4.78 is 4.04. The quantitative estimate of drug-likeness (QED) is 0.187. The topological polar surface area (TPSA) is 127 Å². The van der Waals surface area contributed by atoms with E-state index in [2.05, 4.69) is 4.74 Å². The first-order valence-electron chi connectivity index (χ1n) is 4.63. The molecule has 0 heterocycles. The Morgan fingerprint density at radius 2 is 2.00 bits per heavy atom. The van der Waals surface area contributed by atoms with Crippen molar-refractivity contribution in [3.8, 4) is 0 Å². The zero-order valence-electron chi connectivity index (χ0n) is 9.19. The van der Waals surface area contributed by atoms with Crippen molar-refractivity contribution in [2.45, 2.75) is 5.79 Å². The molecule has 0 fully saturated rings. The molecule has 1 aromatic rings. The van der Waals surface area contributed by atoms with Gasteiger partial charge in [0.25, 0.3) is 5.69 Å². The molecule has 8 nitrogen and oxygen atoms in total. The number of nitrogens with zero attached hydrogens (tertiary/aromatic N) is 1. The molecule has 1 rings (SSSR count). The SMILES string of the molecule is COC(=O)C(O)(O)C(=O)c1cccc([N+](=O)[O-])c1. The number of methoxy groups -OCH3 is 1. The summed E-state index contributed by atoms with van der Waals surface area (Å²) in [5, 5.41) is 29.1. The molecule has 0 aliphatic rings. The number of Topliss-reactive ketones (excluding diaryl/α,β-unsaturated/α-hetero) is 1. The van der Waals surface area contributed by atoms with Crippen LogP contribution >= 0.6 is 0 Å². The predicted octanol–water partition coefficient (Wildman–Crippen LogP) is -0.369. The third-order valence-electron chi connectivity index (χ3n) is 2.11. The number of non-ortho nitro benzene ring substituents is 1. The Balaban J connectivity index is 3.15. The van der Waals surface area contributed by atoms with Crippen molar-refractivity contribution in [3.05, 3.63) is 39.9 Å². The minimum atomic E-state index is -3.37.